The number of nitrogens with one attached hydrogen (secondary N) is 1. The molecule has 0 bridgehead atoms. The number of benzene rings is 1. The van der Waals surface area contributed by atoms with Crippen molar-refractivity contribution in [1.29, 1.82) is 0 Å². The van der Waals surface area contributed by atoms with E-state index in [9.17, 15) is 13.2 Å². The van der Waals surface area contributed by atoms with Gasteiger partial charge in [0.1, 0.15) is 12.4 Å². The van der Waals surface area contributed by atoms with Gasteiger partial charge in [0.05, 0.1) is 5.56 Å². The first-order valence-corrected chi connectivity index (χ1v) is 6.16. The smallest absolute Gasteiger partial charge is 0.419 e. The van der Waals surface area contributed by atoms with Crippen molar-refractivity contribution in [2.24, 2.45) is 0 Å². The summed E-state index contributed by atoms with van der Waals surface area (Å²) >= 11 is 0. The van der Waals surface area contributed by atoms with Gasteiger partial charge in [-0.15, -0.1) is 0 Å². The Morgan fingerprint density at radius 3 is 2.63 bits per heavy atom. The lowest BCUT2D eigenvalue weighted by Crippen LogP contribution is -2.21. The molecular weight excluding hydrogens is 255 g/mol. The average molecular weight is 271 g/mol. The van der Waals surface area contributed by atoms with E-state index in [1.807, 2.05) is 0 Å². The summed E-state index contributed by atoms with van der Waals surface area (Å²) in [5.74, 6) is -0.150. The average Bonchev–Trinajstić information content (AvgIpc) is 3.17. The van der Waals surface area contributed by atoms with Crippen LogP contribution in [0.2, 0.25) is 0 Å². The van der Waals surface area contributed by atoms with Gasteiger partial charge in [0.25, 0.3) is 0 Å². The van der Waals surface area contributed by atoms with Gasteiger partial charge in [-0.1, -0.05) is 18.7 Å². The summed E-state index contributed by atoms with van der Waals surface area (Å²) in [6.45, 7) is 4.46. The van der Waals surface area contributed by atoms with Crippen molar-refractivity contribution < 1.29 is 17.9 Å². The van der Waals surface area contributed by atoms with E-state index in [0.717, 1.165) is 24.5 Å². The Morgan fingerprint density at radius 1 is 1.32 bits per heavy atom. The largest absolute Gasteiger partial charge is 0.489 e. The van der Waals surface area contributed by atoms with Crippen LogP contribution >= 0.6 is 0 Å². The van der Waals surface area contributed by atoms with Crippen LogP contribution in [0, 0.1) is 0 Å². The predicted octanol–water partition coefficient (Wildman–Crippen LogP) is 3.39. The number of hydrogen-bond donors (Lipinski definition) is 1. The van der Waals surface area contributed by atoms with E-state index in [-0.39, 0.29) is 12.4 Å². The van der Waals surface area contributed by atoms with Crippen LogP contribution in [0.1, 0.15) is 18.4 Å². The van der Waals surface area contributed by atoms with Crippen molar-refractivity contribution in [3.8, 4) is 5.75 Å². The molecule has 0 heterocycles. The summed E-state index contributed by atoms with van der Waals surface area (Å²) in [5.41, 5.74) is -0.0122. The van der Waals surface area contributed by atoms with Crippen LogP contribution < -0.4 is 10.1 Å². The maximum Gasteiger partial charge on any atom is 0.419 e. The molecule has 2 nitrogen and oxygen atoms in total. The van der Waals surface area contributed by atoms with E-state index in [0.29, 0.717) is 12.6 Å². The number of rotatable bonds is 6. The molecule has 0 amide bonds. The Bertz CT molecular complexity index is 452. The maximum absolute atomic E-state index is 12.7. The highest BCUT2D eigenvalue weighted by molar-refractivity contribution is 5.35. The Balaban J connectivity index is 1.89. The van der Waals surface area contributed by atoms with Gasteiger partial charge in [-0.05, 0) is 30.5 Å². The monoisotopic (exact) mass is 271 g/mol. The molecule has 0 saturated heterocycles. The standard InChI is InChI=1S/C14H16F3NO/c1-10(8-18-11-6-7-11)9-19-13-5-3-2-4-12(13)14(15,16)17/h2-5,11,18H,1,6-9H2. The number of alkyl halides is 3. The highest BCUT2D eigenvalue weighted by atomic mass is 19.4. The third-order valence-electron chi connectivity index (χ3n) is 2.84. The Kier molecular flexibility index (Phi) is 4.14. The number of ether oxygens (including phenoxy) is 1. The van der Waals surface area contributed by atoms with E-state index in [2.05, 4.69) is 11.9 Å². The van der Waals surface area contributed by atoms with E-state index in [1.165, 1.54) is 18.2 Å². The van der Waals surface area contributed by atoms with Crippen LogP contribution in [0.5, 0.6) is 5.75 Å². The van der Waals surface area contributed by atoms with E-state index >= 15 is 0 Å². The number of para-hydroxylation sites is 1. The number of halogens is 3. The first kappa shape index (κ1) is 13.9. The summed E-state index contributed by atoms with van der Waals surface area (Å²) in [6.07, 6.45) is -2.08. The van der Waals surface area contributed by atoms with Crippen molar-refractivity contribution >= 4 is 0 Å². The molecule has 0 aromatic heterocycles. The fourth-order valence-corrected chi connectivity index (χ4v) is 1.63. The molecule has 104 valence electrons. The molecule has 0 aliphatic heterocycles. The van der Waals surface area contributed by atoms with Crippen LogP contribution in [-0.4, -0.2) is 19.2 Å². The summed E-state index contributed by atoms with van der Waals surface area (Å²) in [6, 6.07) is 5.75. The number of hydrogen-bond acceptors (Lipinski definition) is 2. The quantitative estimate of drug-likeness (QED) is 0.801. The SMILES string of the molecule is C=C(CNC1CC1)COc1ccccc1C(F)(F)F. The molecule has 1 aromatic carbocycles. The van der Waals surface area contributed by atoms with Crippen molar-refractivity contribution in [2.75, 3.05) is 13.2 Å². The molecule has 1 aliphatic carbocycles. The van der Waals surface area contributed by atoms with E-state index in [1.54, 1.807) is 0 Å². The molecule has 0 spiro atoms. The normalized spacial score (nSPS) is 15.3. The lowest BCUT2D eigenvalue weighted by molar-refractivity contribution is -0.138. The maximum atomic E-state index is 12.7. The fraction of sp³-hybridized carbons (Fsp3) is 0.429. The molecule has 1 aromatic rings. The molecule has 0 unspecified atom stereocenters. The van der Waals surface area contributed by atoms with E-state index < -0.39 is 11.7 Å². The van der Waals surface area contributed by atoms with Crippen LogP contribution in [0.15, 0.2) is 36.4 Å². The van der Waals surface area contributed by atoms with E-state index in [4.69, 9.17) is 4.74 Å². The summed E-state index contributed by atoms with van der Waals surface area (Å²) < 4.78 is 43.4. The van der Waals surface area contributed by atoms with Gasteiger partial charge in [0.15, 0.2) is 0 Å². The van der Waals surface area contributed by atoms with Gasteiger partial charge >= 0.3 is 6.18 Å². The third kappa shape index (κ3) is 4.28. The predicted molar refractivity (Wildman–Crippen MR) is 67.1 cm³/mol. The first-order valence-electron chi connectivity index (χ1n) is 6.16. The molecule has 1 fully saturated rings. The molecular formula is C14H16F3NO. The molecule has 5 heteroatoms. The minimum Gasteiger partial charge on any atom is -0.489 e. The molecule has 1 aliphatic rings. The molecule has 19 heavy (non-hydrogen) atoms. The Labute approximate surface area is 110 Å². The van der Waals surface area contributed by atoms with Crippen LogP contribution in [0.4, 0.5) is 13.2 Å². The second kappa shape index (κ2) is 5.65. The highest BCUT2D eigenvalue weighted by Gasteiger charge is 2.34. The zero-order valence-electron chi connectivity index (χ0n) is 10.5. The van der Waals surface area contributed by atoms with Gasteiger partial charge < -0.3 is 10.1 Å². The lowest BCUT2D eigenvalue weighted by Gasteiger charge is -2.14. The molecule has 2 rings (SSSR count). The fourth-order valence-electron chi connectivity index (χ4n) is 1.63. The first-order chi connectivity index (χ1) is 8.97. The minimum absolute atomic E-state index is 0.0901. The topological polar surface area (TPSA) is 21.3 Å². The summed E-state index contributed by atoms with van der Waals surface area (Å²) in [7, 11) is 0. The second-order valence-corrected chi connectivity index (χ2v) is 4.69. The summed E-state index contributed by atoms with van der Waals surface area (Å²) in [5, 5.41) is 3.24. The summed E-state index contributed by atoms with van der Waals surface area (Å²) in [4.78, 5) is 0. The minimum atomic E-state index is -4.40. The van der Waals surface area contributed by atoms with Crippen molar-refractivity contribution in [3.05, 3.63) is 42.0 Å². The van der Waals surface area contributed by atoms with Crippen molar-refractivity contribution in [3.63, 3.8) is 0 Å². The molecule has 1 saturated carbocycles. The van der Waals surface area contributed by atoms with Gasteiger partial charge in [-0.3, -0.25) is 0 Å². The van der Waals surface area contributed by atoms with Crippen LogP contribution in [0.25, 0.3) is 0 Å². The van der Waals surface area contributed by atoms with Crippen LogP contribution in [0.3, 0.4) is 0 Å². The third-order valence-corrected chi connectivity index (χ3v) is 2.84. The Hall–Kier alpha value is -1.49. The zero-order chi connectivity index (χ0) is 13.9. The second-order valence-electron chi connectivity index (χ2n) is 4.69. The molecule has 1 N–H and O–H groups in total. The highest BCUT2D eigenvalue weighted by Crippen LogP contribution is 2.35. The van der Waals surface area contributed by atoms with Crippen LogP contribution in [-0.2, 0) is 6.18 Å². The zero-order valence-corrected chi connectivity index (χ0v) is 10.5. The Morgan fingerprint density at radius 2 is 2.00 bits per heavy atom. The van der Waals surface area contributed by atoms with Gasteiger partial charge in [-0.2, -0.15) is 13.2 Å². The molecule has 0 radical (unpaired) electrons. The molecule has 0 atom stereocenters. The van der Waals surface area contributed by atoms with Gasteiger partial charge in [0.2, 0.25) is 0 Å². The van der Waals surface area contributed by atoms with Gasteiger partial charge in [0, 0.05) is 12.6 Å². The lowest BCUT2D eigenvalue weighted by atomic mass is 10.2. The van der Waals surface area contributed by atoms with Crippen molar-refractivity contribution in [2.45, 2.75) is 25.1 Å². The van der Waals surface area contributed by atoms with Gasteiger partial charge in [-0.25, -0.2) is 0 Å². The van der Waals surface area contributed by atoms with Crippen molar-refractivity contribution in [1.82, 2.24) is 5.32 Å².